The van der Waals surface area contributed by atoms with Crippen LogP contribution in [0.25, 0.3) is 0 Å². The van der Waals surface area contributed by atoms with Crippen LogP contribution in [-0.4, -0.2) is 25.7 Å². The standard InChI is InChI=1S/C15H21N5OS/c1-10(17-14(21)7-12-8-22-11(2)18-12)15-19-16-9-20(15)13-5-3-4-6-13/h8-10,13H,3-7H2,1-2H3,(H,17,21)/t10-/m1/s1. The maximum Gasteiger partial charge on any atom is 0.226 e. The van der Waals surface area contributed by atoms with E-state index in [1.54, 1.807) is 17.7 Å². The first-order valence-corrected chi connectivity index (χ1v) is 8.61. The first kappa shape index (κ1) is 15.1. The van der Waals surface area contributed by atoms with Crippen LogP contribution in [0.5, 0.6) is 0 Å². The summed E-state index contributed by atoms with van der Waals surface area (Å²) in [6.07, 6.45) is 6.95. The molecule has 0 unspecified atom stereocenters. The highest BCUT2D eigenvalue weighted by molar-refractivity contribution is 7.09. The van der Waals surface area contributed by atoms with Crippen molar-refractivity contribution in [3.05, 3.63) is 28.2 Å². The van der Waals surface area contributed by atoms with Crippen molar-refractivity contribution in [1.82, 2.24) is 25.1 Å². The number of hydrogen-bond acceptors (Lipinski definition) is 5. The van der Waals surface area contributed by atoms with Gasteiger partial charge in [0.2, 0.25) is 5.91 Å². The molecule has 2 aromatic rings. The van der Waals surface area contributed by atoms with Crippen molar-refractivity contribution in [2.45, 2.75) is 58.0 Å². The largest absolute Gasteiger partial charge is 0.346 e. The highest BCUT2D eigenvalue weighted by Gasteiger charge is 2.23. The Kier molecular flexibility index (Phi) is 4.52. The number of amides is 1. The summed E-state index contributed by atoms with van der Waals surface area (Å²) in [6.45, 7) is 3.90. The second-order valence-corrected chi connectivity index (χ2v) is 6.92. The van der Waals surface area contributed by atoms with Crippen molar-refractivity contribution in [1.29, 1.82) is 0 Å². The van der Waals surface area contributed by atoms with Gasteiger partial charge >= 0.3 is 0 Å². The Labute approximate surface area is 134 Å². The number of carbonyl (C=O) groups is 1. The predicted octanol–water partition coefficient (Wildman–Crippen LogP) is 2.58. The second kappa shape index (κ2) is 6.56. The molecule has 0 radical (unpaired) electrons. The van der Waals surface area contributed by atoms with Gasteiger partial charge in [-0.2, -0.15) is 0 Å². The van der Waals surface area contributed by atoms with E-state index >= 15 is 0 Å². The van der Waals surface area contributed by atoms with Crippen LogP contribution in [0, 0.1) is 6.92 Å². The zero-order valence-electron chi connectivity index (χ0n) is 13.0. The molecule has 0 spiro atoms. The number of hydrogen-bond donors (Lipinski definition) is 1. The minimum absolute atomic E-state index is 0.0289. The summed E-state index contributed by atoms with van der Waals surface area (Å²) in [5, 5.41) is 14.2. The van der Waals surface area contributed by atoms with Crippen molar-refractivity contribution in [2.75, 3.05) is 0 Å². The second-order valence-electron chi connectivity index (χ2n) is 5.86. The quantitative estimate of drug-likeness (QED) is 0.919. The van der Waals surface area contributed by atoms with Gasteiger partial charge in [0.1, 0.15) is 6.33 Å². The molecule has 2 heterocycles. The smallest absolute Gasteiger partial charge is 0.226 e. The van der Waals surface area contributed by atoms with E-state index in [-0.39, 0.29) is 11.9 Å². The van der Waals surface area contributed by atoms with E-state index in [2.05, 4.69) is 25.1 Å². The van der Waals surface area contributed by atoms with Gasteiger partial charge < -0.3 is 9.88 Å². The lowest BCUT2D eigenvalue weighted by atomic mass is 10.2. The van der Waals surface area contributed by atoms with Crippen LogP contribution in [0.4, 0.5) is 0 Å². The zero-order chi connectivity index (χ0) is 15.5. The molecule has 1 saturated carbocycles. The summed E-state index contributed by atoms with van der Waals surface area (Å²) >= 11 is 1.56. The fraction of sp³-hybridized carbons (Fsp3) is 0.600. The van der Waals surface area contributed by atoms with Gasteiger partial charge in [0.25, 0.3) is 0 Å². The summed E-state index contributed by atoms with van der Waals surface area (Å²) in [5.74, 6) is 0.813. The molecule has 0 bridgehead atoms. The lowest BCUT2D eigenvalue weighted by Crippen LogP contribution is -2.30. The maximum atomic E-state index is 12.2. The fourth-order valence-corrected chi connectivity index (χ4v) is 3.65. The van der Waals surface area contributed by atoms with Crippen LogP contribution >= 0.6 is 11.3 Å². The third-order valence-corrected chi connectivity index (χ3v) is 4.91. The summed E-state index contributed by atoms with van der Waals surface area (Å²) in [4.78, 5) is 16.5. The van der Waals surface area contributed by atoms with Gasteiger partial charge in [-0.15, -0.1) is 21.5 Å². The van der Waals surface area contributed by atoms with E-state index in [9.17, 15) is 4.79 Å². The average Bonchev–Trinajstić information content (AvgIpc) is 3.17. The van der Waals surface area contributed by atoms with Crippen LogP contribution in [0.15, 0.2) is 11.7 Å². The molecule has 6 nitrogen and oxygen atoms in total. The van der Waals surface area contributed by atoms with Crippen LogP contribution in [0.2, 0.25) is 0 Å². The molecule has 1 amide bonds. The Morgan fingerprint density at radius 1 is 1.50 bits per heavy atom. The molecule has 2 aromatic heterocycles. The summed E-state index contributed by atoms with van der Waals surface area (Å²) in [6, 6.07) is 0.334. The van der Waals surface area contributed by atoms with E-state index in [1.807, 2.05) is 19.2 Å². The molecule has 1 fully saturated rings. The number of nitrogens with zero attached hydrogens (tertiary/aromatic N) is 4. The maximum absolute atomic E-state index is 12.2. The van der Waals surface area contributed by atoms with Crippen molar-refractivity contribution in [2.24, 2.45) is 0 Å². The topological polar surface area (TPSA) is 72.7 Å². The average molecular weight is 319 g/mol. The normalized spacial score (nSPS) is 16.8. The molecular formula is C15H21N5OS. The lowest BCUT2D eigenvalue weighted by Gasteiger charge is -2.18. The number of rotatable bonds is 5. The van der Waals surface area contributed by atoms with E-state index in [4.69, 9.17) is 0 Å². The van der Waals surface area contributed by atoms with Gasteiger partial charge in [-0.1, -0.05) is 12.8 Å². The molecule has 1 atom stereocenters. The number of thiazole rings is 1. The molecular weight excluding hydrogens is 298 g/mol. The highest BCUT2D eigenvalue weighted by Crippen LogP contribution is 2.31. The predicted molar refractivity (Wildman–Crippen MR) is 84.6 cm³/mol. The van der Waals surface area contributed by atoms with Crippen molar-refractivity contribution in [3.63, 3.8) is 0 Å². The number of carbonyl (C=O) groups excluding carboxylic acids is 1. The fourth-order valence-electron chi connectivity index (χ4n) is 3.04. The first-order valence-electron chi connectivity index (χ1n) is 7.73. The number of aryl methyl sites for hydroxylation is 1. The Morgan fingerprint density at radius 2 is 2.27 bits per heavy atom. The Hall–Kier alpha value is -1.76. The molecule has 7 heteroatoms. The monoisotopic (exact) mass is 319 g/mol. The summed E-state index contributed by atoms with van der Waals surface area (Å²) in [5.41, 5.74) is 0.824. The first-order chi connectivity index (χ1) is 10.6. The third-order valence-electron chi connectivity index (χ3n) is 4.09. The van der Waals surface area contributed by atoms with Gasteiger partial charge in [-0.05, 0) is 26.7 Å². The van der Waals surface area contributed by atoms with E-state index < -0.39 is 0 Å². The van der Waals surface area contributed by atoms with E-state index in [0.717, 1.165) is 16.5 Å². The summed E-state index contributed by atoms with van der Waals surface area (Å²) < 4.78 is 2.13. The van der Waals surface area contributed by atoms with Crippen LogP contribution in [0.3, 0.4) is 0 Å². The van der Waals surface area contributed by atoms with Crippen molar-refractivity contribution in [3.8, 4) is 0 Å². The minimum atomic E-state index is -0.143. The van der Waals surface area contributed by atoms with E-state index in [0.29, 0.717) is 12.5 Å². The molecule has 1 N–H and O–H groups in total. The van der Waals surface area contributed by atoms with Gasteiger partial charge in [0.05, 0.1) is 23.2 Å². The molecule has 0 saturated heterocycles. The Bertz CT molecular complexity index is 644. The molecule has 118 valence electrons. The number of aromatic nitrogens is 4. The molecule has 0 aliphatic heterocycles. The Balaban J connectivity index is 1.63. The third kappa shape index (κ3) is 3.35. The highest BCUT2D eigenvalue weighted by atomic mass is 32.1. The van der Waals surface area contributed by atoms with Crippen LogP contribution in [-0.2, 0) is 11.2 Å². The molecule has 1 aliphatic carbocycles. The Morgan fingerprint density at radius 3 is 2.95 bits per heavy atom. The van der Waals surface area contributed by atoms with Gasteiger partial charge in [0, 0.05) is 11.4 Å². The molecule has 22 heavy (non-hydrogen) atoms. The number of nitrogens with one attached hydrogen (secondary N) is 1. The van der Waals surface area contributed by atoms with Gasteiger partial charge in [-0.3, -0.25) is 4.79 Å². The molecule has 1 aliphatic rings. The van der Waals surface area contributed by atoms with E-state index in [1.165, 1.54) is 25.7 Å². The van der Waals surface area contributed by atoms with Crippen LogP contribution < -0.4 is 5.32 Å². The van der Waals surface area contributed by atoms with Crippen molar-refractivity contribution < 1.29 is 4.79 Å². The zero-order valence-corrected chi connectivity index (χ0v) is 13.8. The lowest BCUT2D eigenvalue weighted by molar-refractivity contribution is -0.121. The SMILES string of the molecule is Cc1nc(CC(=O)N[C@H](C)c2nncn2C2CCCC2)cs1. The van der Waals surface area contributed by atoms with Crippen molar-refractivity contribution >= 4 is 17.2 Å². The summed E-state index contributed by atoms with van der Waals surface area (Å²) in [7, 11) is 0. The minimum Gasteiger partial charge on any atom is -0.346 e. The molecule has 3 rings (SSSR count). The molecule has 0 aromatic carbocycles. The van der Waals surface area contributed by atoms with Gasteiger partial charge in [-0.25, -0.2) is 4.98 Å². The van der Waals surface area contributed by atoms with Crippen LogP contribution in [0.1, 0.15) is 61.2 Å². The van der Waals surface area contributed by atoms with Gasteiger partial charge in [0.15, 0.2) is 5.82 Å².